The fraction of sp³-hybridized carbons (Fsp3) is 0.0909. The van der Waals surface area contributed by atoms with Gasteiger partial charge in [0.05, 0.1) is 5.66 Å². The second kappa shape index (κ2) is 4.14. The molecule has 0 saturated heterocycles. The first kappa shape index (κ1) is 9.07. The summed E-state index contributed by atoms with van der Waals surface area (Å²) in [6, 6.07) is 6.46. The Morgan fingerprint density at radius 2 is 2.29 bits per heavy atom. The molecule has 0 aromatic heterocycles. The van der Waals surface area contributed by atoms with Crippen LogP contribution in [0.3, 0.4) is 0 Å². The van der Waals surface area contributed by atoms with Crippen molar-refractivity contribution in [3.8, 4) is 0 Å². The van der Waals surface area contributed by atoms with E-state index in [0.29, 0.717) is 6.61 Å². The SMILES string of the molecule is Fc1cccc(COC2=CC=CB2)c1. The Bertz CT molecular complexity index is 385. The second-order valence-electron chi connectivity index (χ2n) is 3.18. The average Bonchev–Trinajstić information content (AvgIpc) is 2.67. The van der Waals surface area contributed by atoms with Gasteiger partial charge in [-0.15, -0.1) is 5.98 Å². The lowest BCUT2D eigenvalue weighted by molar-refractivity contribution is 0.222. The smallest absolute Gasteiger partial charge is 0.229 e. The molecule has 2 rings (SSSR count). The van der Waals surface area contributed by atoms with Gasteiger partial charge in [0, 0.05) is 0 Å². The van der Waals surface area contributed by atoms with Crippen LogP contribution in [0.4, 0.5) is 4.39 Å². The van der Waals surface area contributed by atoms with E-state index in [0.717, 1.165) is 18.5 Å². The van der Waals surface area contributed by atoms with Gasteiger partial charge in [-0.2, -0.15) is 0 Å². The van der Waals surface area contributed by atoms with Crippen LogP contribution >= 0.6 is 0 Å². The van der Waals surface area contributed by atoms with Crippen LogP contribution in [0.1, 0.15) is 5.56 Å². The summed E-state index contributed by atoms with van der Waals surface area (Å²) in [6.07, 6.45) is 3.89. The topological polar surface area (TPSA) is 9.23 Å². The molecule has 0 unspecified atom stereocenters. The van der Waals surface area contributed by atoms with Crippen molar-refractivity contribution in [2.45, 2.75) is 6.61 Å². The summed E-state index contributed by atoms with van der Waals surface area (Å²) in [4.78, 5) is 0. The Labute approximate surface area is 83.1 Å². The zero-order chi connectivity index (χ0) is 9.80. The van der Waals surface area contributed by atoms with E-state index in [2.05, 4.69) is 0 Å². The first-order valence-electron chi connectivity index (χ1n) is 4.57. The molecule has 0 atom stereocenters. The van der Waals surface area contributed by atoms with Crippen LogP contribution < -0.4 is 0 Å². The highest BCUT2D eigenvalue weighted by Gasteiger charge is 2.02. The van der Waals surface area contributed by atoms with E-state index in [9.17, 15) is 4.39 Å². The molecule has 0 fully saturated rings. The van der Waals surface area contributed by atoms with Crippen molar-refractivity contribution in [2.24, 2.45) is 0 Å². The molecule has 1 nitrogen and oxygen atoms in total. The molecule has 1 aromatic carbocycles. The third-order valence-corrected chi connectivity index (χ3v) is 2.05. The van der Waals surface area contributed by atoms with Crippen LogP contribution in [0, 0.1) is 5.82 Å². The van der Waals surface area contributed by atoms with E-state index in [-0.39, 0.29) is 5.82 Å². The Balaban J connectivity index is 1.92. The normalized spacial score (nSPS) is 13.6. The Kier molecular flexibility index (Phi) is 2.68. The Morgan fingerprint density at radius 1 is 1.36 bits per heavy atom. The average molecular weight is 188 g/mol. The summed E-state index contributed by atoms with van der Waals surface area (Å²) in [5.41, 5.74) is 1.80. The fourth-order valence-electron chi connectivity index (χ4n) is 1.34. The quantitative estimate of drug-likeness (QED) is 0.660. The van der Waals surface area contributed by atoms with Crippen molar-refractivity contribution in [1.82, 2.24) is 0 Å². The van der Waals surface area contributed by atoms with E-state index in [1.807, 2.05) is 24.2 Å². The van der Waals surface area contributed by atoms with Crippen molar-refractivity contribution < 1.29 is 9.13 Å². The highest BCUT2D eigenvalue weighted by molar-refractivity contribution is 6.51. The standard InChI is InChI=1S/C11H10BFO/c13-10-4-1-3-9(7-10)8-14-11-5-2-6-12-11/h1-7,12H,8H2. The van der Waals surface area contributed by atoms with Crippen LogP contribution in [0.25, 0.3) is 0 Å². The number of ether oxygens (including phenoxy) is 1. The van der Waals surface area contributed by atoms with Crippen molar-refractivity contribution in [2.75, 3.05) is 0 Å². The molecular weight excluding hydrogens is 178 g/mol. The molecule has 14 heavy (non-hydrogen) atoms. The van der Waals surface area contributed by atoms with Gasteiger partial charge in [0.15, 0.2) is 0 Å². The molecule has 0 saturated carbocycles. The van der Waals surface area contributed by atoms with Gasteiger partial charge in [-0.05, 0) is 23.8 Å². The summed E-state index contributed by atoms with van der Waals surface area (Å²) in [7, 11) is 0.843. The highest BCUT2D eigenvalue weighted by Crippen LogP contribution is 2.09. The van der Waals surface area contributed by atoms with Crippen LogP contribution in [0.5, 0.6) is 0 Å². The minimum Gasteiger partial charge on any atom is -0.503 e. The number of hydrogen-bond donors (Lipinski definition) is 0. The Morgan fingerprint density at radius 3 is 3.00 bits per heavy atom. The summed E-state index contributed by atoms with van der Waals surface area (Å²) in [5, 5.41) is 0. The van der Waals surface area contributed by atoms with Gasteiger partial charge < -0.3 is 4.74 Å². The predicted molar refractivity (Wildman–Crippen MR) is 55.6 cm³/mol. The first-order valence-corrected chi connectivity index (χ1v) is 4.57. The third-order valence-electron chi connectivity index (χ3n) is 2.05. The molecule has 1 heterocycles. The molecule has 0 amide bonds. The van der Waals surface area contributed by atoms with E-state index in [4.69, 9.17) is 4.74 Å². The minimum atomic E-state index is -0.218. The summed E-state index contributed by atoms with van der Waals surface area (Å²) >= 11 is 0. The molecule has 0 radical (unpaired) electrons. The first-order chi connectivity index (χ1) is 6.84. The second-order valence-corrected chi connectivity index (χ2v) is 3.18. The molecule has 1 aliphatic heterocycles. The van der Waals surface area contributed by atoms with Crippen LogP contribution in [-0.2, 0) is 11.3 Å². The van der Waals surface area contributed by atoms with Gasteiger partial charge in [-0.25, -0.2) is 4.39 Å². The van der Waals surface area contributed by atoms with Crippen LogP contribution in [0.15, 0.2) is 48.1 Å². The lowest BCUT2D eigenvalue weighted by Crippen LogP contribution is -1.97. The van der Waals surface area contributed by atoms with Crippen molar-refractivity contribution in [3.05, 3.63) is 59.4 Å². The summed E-state index contributed by atoms with van der Waals surface area (Å²) < 4.78 is 18.3. The van der Waals surface area contributed by atoms with Crippen molar-refractivity contribution in [3.63, 3.8) is 0 Å². The Hall–Kier alpha value is -1.51. The third kappa shape index (κ3) is 2.25. The molecule has 0 N–H and O–H groups in total. The van der Waals surface area contributed by atoms with Crippen LogP contribution in [-0.4, -0.2) is 7.28 Å². The molecule has 1 aliphatic rings. The molecule has 0 spiro atoms. The number of hydrogen-bond acceptors (Lipinski definition) is 1. The van der Waals surface area contributed by atoms with Gasteiger partial charge >= 0.3 is 0 Å². The number of rotatable bonds is 3. The molecule has 0 bridgehead atoms. The van der Waals surface area contributed by atoms with E-state index in [1.165, 1.54) is 12.1 Å². The maximum absolute atomic E-state index is 12.8. The highest BCUT2D eigenvalue weighted by atomic mass is 19.1. The summed E-state index contributed by atoms with van der Waals surface area (Å²) in [6.45, 7) is 0.436. The molecule has 0 aliphatic carbocycles. The van der Waals surface area contributed by atoms with E-state index < -0.39 is 0 Å². The maximum atomic E-state index is 12.8. The van der Waals surface area contributed by atoms with Gasteiger partial charge in [0.25, 0.3) is 0 Å². The van der Waals surface area contributed by atoms with Gasteiger partial charge in [0.2, 0.25) is 7.28 Å². The van der Waals surface area contributed by atoms with E-state index >= 15 is 0 Å². The van der Waals surface area contributed by atoms with Gasteiger partial charge in [-0.1, -0.05) is 18.2 Å². The van der Waals surface area contributed by atoms with Crippen molar-refractivity contribution in [1.29, 1.82) is 0 Å². The number of benzene rings is 1. The molecule has 3 heteroatoms. The van der Waals surface area contributed by atoms with Crippen LogP contribution in [0.2, 0.25) is 0 Å². The summed E-state index contributed by atoms with van der Waals surface area (Å²) in [5.74, 6) is 1.81. The maximum Gasteiger partial charge on any atom is 0.229 e. The molecule has 70 valence electrons. The van der Waals surface area contributed by atoms with Gasteiger partial charge in [0.1, 0.15) is 12.4 Å². The number of allylic oxidation sites excluding steroid dienone is 2. The lowest BCUT2D eigenvalue weighted by atomic mass is 9.80. The van der Waals surface area contributed by atoms with E-state index in [1.54, 1.807) is 6.07 Å². The number of halogens is 1. The minimum absolute atomic E-state index is 0.218. The predicted octanol–water partition coefficient (Wildman–Crippen LogP) is 2.15. The zero-order valence-corrected chi connectivity index (χ0v) is 7.74. The molecule has 1 aromatic rings. The fourth-order valence-corrected chi connectivity index (χ4v) is 1.34. The lowest BCUT2D eigenvalue weighted by Gasteiger charge is -2.06. The van der Waals surface area contributed by atoms with Gasteiger partial charge in [-0.3, -0.25) is 0 Å². The zero-order valence-electron chi connectivity index (χ0n) is 7.74. The van der Waals surface area contributed by atoms with Crippen molar-refractivity contribution >= 4 is 7.28 Å². The molecular formula is C11H10BFO. The monoisotopic (exact) mass is 188 g/mol. The largest absolute Gasteiger partial charge is 0.503 e.